The lowest BCUT2D eigenvalue weighted by atomic mass is 9.91. The predicted octanol–water partition coefficient (Wildman–Crippen LogP) is 4.30. The van der Waals surface area contributed by atoms with Crippen molar-refractivity contribution in [3.63, 3.8) is 0 Å². The quantitative estimate of drug-likeness (QED) is 0.855. The minimum Gasteiger partial charge on any atom is -0.474 e. The minimum absolute atomic E-state index is 0.0347. The Hall–Kier alpha value is -1.95. The van der Waals surface area contributed by atoms with E-state index in [0.29, 0.717) is 16.1 Å². The highest BCUT2D eigenvalue weighted by Crippen LogP contribution is 2.39. The van der Waals surface area contributed by atoms with Crippen LogP contribution >= 0.6 is 11.6 Å². The normalized spacial score (nSPS) is 17.1. The molecule has 1 aliphatic rings. The first-order valence-corrected chi connectivity index (χ1v) is 6.97. The molecule has 2 N–H and O–H groups in total. The molecule has 0 spiro atoms. The number of halogens is 4. The van der Waals surface area contributed by atoms with E-state index in [-0.39, 0.29) is 24.4 Å². The molecule has 1 aromatic heterocycles. The third-order valence-electron chi connectivity index (χ3n) is 3.47. The van der Waals surface area contributed by atoms with Crippen molar-refractivity contribution in [1.82, 2.24) is 4.98 Å². The van der Waals surface area contributed by atoms with Gasteiger partial charge >= 0.3 is 0 Å². The second-order valence-electron chi connectivity index (χ2n) is 5.24. The zero-order valence-electron chi connectivity index (χ0n) is 11.3. The summed E-state index contributed by atoms with van der Waals surface area (Å²) in [6.45, 7) is 0. The highest BCUT2D eigenvalue weighted by Gasteiger charge is 2.47. The Labute approximate surface area is 129 Å². The van der Waals surface area contributed by atoms with Crippen LogP contribution in [0.15, 0.2) is 30.5 Å². The zero-order chi connectivity index (χ0) is 15.9. The summed E-state index contributed by atoms with van der Waals surface area (Å²) in [4.78, 5) is 4.04. The van der Waals surface area contributed by atoms with Gasteiger partial charge in [-0.05, 0) is 18.2 Å². The number of pyridine rings is 1. The van der Waals surface area contributed by atoms with E-state index in [1.807, 2.05) is 0 Å². The number of nitrogens with zero attached hydrogens (tertiary/aromatic N) is 1. The van der Waals surface area contributed by atoms with E-state index in [9.17, 15) is 13.2 Å². The maximum atomic E-state index is 13.5. The van der Waals surface area contributed by atoms with E-state index in [2.05, 4.69) is 4.98 Å². The summed E-state index contributed by atoms with van der Waals surface area (Å²) in [7, 11) is 0. The molecule has 0 atom stereocenters. The van der Waals surface area contributed by atoms with E-state index in [0.717, 1.165) is 0 Å². The molecule has 0 radical (unpaired) electrons. The van der Waals surface area contributed by atoms with Gasteiger partial charge < -0.3 is 10.5 Å². The van der Waals surface area contributed by atoms with Gasteiger partial charge in [-0.15, -0.1) is 0 Å². The number of hydrogen-bond acceptors (Lipinski definition) is 3. The van der Waals surface area contributed by atoms with Crippen LogP contribution in [-0.4, -0.2) is 17.0 Å². The lowest BCUT2D eigenvalue weighted by Gasteiger charge is -2.34. The third kappa shape index (κ3) is 2.97. The largest absolute Gasteiger partial charge is 0.474 e. The summed E-state index contributed by atoms with van der Waals surface area (Å²) in [5.41, 5.74) is 6.42. The van der Waals surface area contributed by atoms with Gasteiger partial charge in [0.2, 0.25) is 5.88 Å². The summed E-state index contributed by atoms with van der Waals surface area (Å²) >= 11 is 6.03. The van der Waals surface area contributed by atoms with E-state index >= 15 is 0 Å². The van der Waals surface area contributed by atoms with Crippen molar-refractivity contribution in [2.75, 3.05) is 5.73 Å². The van der Waals surface area contributed by atoms with Crippen LogP contribution in [0.4, 0.5) is 18.9 Å². The van der Waals surface area contributed by atoms with Crippen LogP contribution in [0, 0.1) is 5.82 Å². The number of rotatable bonds is 3. The molecular formula is C15H12ClF3N2O. The van der Waals surface area contributed by atoms with Crippen LogP contribution in [0.25, 0.3) is 11.1 Å². The summed E-state index contributed by atoms with van der Waals surface area (Å²) in [6, 6.07) is 5.72. The Morgan fingerprint density at radius 1 is 1.27 bits per heavy atom. The highest BCUT2D eigenvalue weighted by molar-refractivity contribution is 6.33. The van der Waals surface area contributed by atoms with Gasteiger partial charge in [-0.3, -0.25) is 0 Å². The van der Waals surface area contributed by atoms with Crippen LogP contribution in [0.3, 0.4) is 0 Å². The van der Waals surface area contributed by atoms with E-state index in [4.69, 9.17) is 22.1 Å². The van der Waals surface area contributed by atoms with Crippen molar-refractivity contribution in [3.05, 3.63) is 41.3 Å². The monoisotopic (exact) mass is 328 g/mol. The molecule has 7 heteroatoms. The van der Waals surface area contributed by atoms with Gasteiger partial charge in [-0.25, -0.2) is 18.2 Å². The number of alkyl halides is 2. The van der Waals surface area contributed by atoms with Crippen molar-refractivity contribution in [3.8, 4) is 17.0 Å². The first-order valence-electron chi connectivity index (χ1n) is 6.59. The molecule has 1 heterocycles. The molecule has 0 aliphatic heterocycles. The number of nitrogen functional groups attached to an aromatic ring is 1. The average molecular weight is 329 g/mol. The summed E-state index contributed by atoms with van der Waals surface area (Å²) in [6.07, 6.45) is 0.325. The van der Waals surface area contributed by atoms with E-state index in [1.165, 1.54) is 24.4 Å². The smallest absolute Gasteiger partial charge is 0.255 e. The highest BCUT2D eigenvalue weighted by atomic mass is 35.5. The summed E-state index contributed by atoms with van der Waals surface area (Å²) < 4.78 is 44.3. The lowest BCUT2D eigenvalue weighted by Crippen LogP contribution is -2.43. The molecule has 0 bridgehead atoms. The Morgan fingerprint density at radius 3 is 2.59 bits per heavy atom. The molecule has 2 aromatic rings. The summed E-state index contributed by atoms with van der Waals surface area (Å²) in [5, 5.41) is 0.299. The molecule has 1 saturated carbocycles. The van der Waals surface area contributed by atoms with Crippen molar-refractivity contribution in [2.45, 2.75) is 24.9 Å². The fourth-order valence-electron chi connectivity index (χ4n) is 2.25. The van der Waals surface area contributed by atoms with Gasteiger partial charge in [0.15, 0.2) is 0 Å². The molecule has 0 amide bonds. The first-order chi connectivity index (χ1) is 10.3. The molecule has 3 nitrogen and oxygen atoms in total. The third-order valence-corrected chi connectivity index (χ3v) is 3.79. The van der Waals surface area contributed by atoms with Gasteiger partial charge in [-0.1, -0.05) is 11.6 Å². The second kappa shape index (κ2) is 5.35. The van der Waals surface area contributed by atoms with Crippen molar-refractivity contribution < 1.29 is 17.9 Å². The molecule has 22 heavy (non-hydrogen) atoms. The number of ether oxygens (including phenoxy) is 1. The Balaban J connectivity index is 1.76. The van der Waals surface area contributed by atoms with Crippen LogP contribution in [0.2, 0.25) is 5.02 Å². The van der Waals surface area contributed by atoms with Gasteiger partial charge in [0.25, 0.3) is 5.92 Å². The van der Waals surface area contributed by atoms with Crippen LogP contribution in [0.1, 0.15) is 12.8 Å². The number of anilines is 1. The Bertz CT molecular complexity index is 699. The zero-order valence-corrected chi connectivity index (χ0v) is 12.1. The molecule has 3 rings (SSSR count). The molecule has 0 saturated heterocycles. The molecule has 1 aliphatic carbocycles. The molecule has 1 fully saturated rings. The molecule has 1 aromatic carbocycles. The SMILES string of the molecule is Nc1cc(Cl)c(-c2ccc(OC3CC(F)(F)C3)nc2)cc1F. The predicted molar refractivity (Wildman–Crippen MR) is 77.7 cm³/mol. The maximum Gasteiger partial charge on any atom is 0.255 e. The topological polar surface area (TPSA) is 48.1 Å². The fourth-order valence-corrected chi connectivity index (χ4v) is 2.53. The standard InChI is InChI=1S/C15H12ClF3N2O/c16-11-4-13(20)12(17)3-10(11)8-1-2-14(21-7-8)22-9-5-15(18,19)6-9/h1-4,7,9H,5-6,20H2. The Morgan fingerprint density at radius 2 is 2.00 bits per heavy atom. The van der Waals surface area contributed by atoms with Crippen molar-refractivity contribution in [2.24, 2.45) is 0 Å². The lowest BCUT2D eigenvalue weighted by molar-refractivity contribution is -0.135. The number of hydrogen-bond donors (Lipinski definition) is 1. The van der Waals surface area contributed by atoms with E-state index in [1.54, 1.807) is 6.07 Å². The van der Waals surface area contributed by atoms with Crippen LogP contribution in [-0.2, 0) is 0 Å². The fraction of sp³-hybridized carbons (Fsp3) is 0.267. The average Bonchev–Trinajstić information content (AvgIpc) is 2.42. The van der Waals surface area contributed by atoms with Gasteiger partial charge in [-0.2, -0.15) is 0 Å². The van der Waals surface area contributed by atoms with Crippen LogP contribution in [0.5, 0.6) is 5.88 Å². The van der Waals surface area contributed by atoms with Crippen LogP contribution < -0.4 is 10.5 Å². The number of aromatic nitrogens is 1. The first kappa shape index (κ1) is 15.0. The Kier molecular flexibility index (Phi) is 3.64. The number of nitrogens with two attached hydrogens (primary N) is 1. The van der Waals surface area contributed by atoms with Crippen molar-refractivity contribution in [1.29, 1.82) is 0 Å². The maximum absolute atomic E-state index is 13.5. The molecule has 0 unspecified atom stereocenters. The molecular weight excluding hydrogens is 317 g/mol. The van der Waals surface area contributed by atoms with Crippen molar-refractivity contribution >= 4 is 17.3 Å². The van der Waals surface area contributed by atoms with Gasteiger partial charge in [0.1, 0.15) is 11.9 Å². The minimum atomic E-state index is -2.64. The molecule has 116 valence electrons. The van der Waals surface area contributed by atoms with Gasteiger partial charge in [0.05, 0.1) is 10.7 Å². The number of benzene rings is 1. The second-order valence-corrected chi connectivity index (χ2v) is 5.65. The van der Waals surface area contributed by atoms with E-state index < -0.39 is 17.8 Å². The van der Waals surface area contributed by atoms with Gasteiger partial charge in [0, 0.05) is 36.2 Å². The summed E-state index contributed by atoms with van der Waals surface area (Å²) in [5.74, 6) is -2.97.